The van der Waals surface area contributed by atoms with Crippen LogP contribution in [0.3, 0.4) is 0 Å². The summed E-state index contributed by atoms with van der Waals surface area (Å²) in [5, 5.41) is 26.0. The van der Waals surface area contributed by atoms with E-state index in [0.717, 1.165) is 4.47 Å². The van der Waals surface area contributed by atoms with Crippen molar-refractivity contribution in [1.82, 2.24) is 19.8 Å². The Labute approximate surface area is 128 Å². The maximum Gasteiger partial charge on any atom is 0.178 e. The van der Waals surface area contributed by atoms with Gasteiger partial charge in [-0.05, 0) is 37.3 Å². The summed E-state index contributed by atoms with van der Waals surface area (Å²) >= 11 is 3.34. The third kappa shape index (κ3) is 2.84. The van der Waals surface area contributed by atoms with Crippen LogP contribution in [0.15, 0.2) is 39.9 Å². The Bertz CT molecular complexity index is 829. The van der Waals surface area contributed by atoms with E-state index >= 15 is 0 Å². The number of phenolic OH excluding ortho intramolecular Hbond substituents is 1. The van der Waals surface area contributed by atoms with Crippen LogP contribution >= 0.6 is 15.9 Å². The van der Waals surface area contributed by atoms with Gasteiger partial charge in [-0.15, -0.1) is 15.3 Å². The molecule has 1 aromatic carbocycles. The number of halogens is 1. The highest BCUT2D eigenvalue weighted by Gasteiger charge is 2.03. The van der Waals surface area contributed by atoms with Gasteiger partial charge in [0.15, 0.2) is 17.3 Å². The van der Waals surface area contributed by atoms with Gasteiger partial charge in [-0.1, -0.05) is 15.9 Å². The van der Waals surface area contributed by atoms with E-state index < -0.39 is 0 Å². The second-order valence-electron chi connectivity index (χ2n) is 4.31. The summed E-state index contributed by atoms with van der Waals surface area (Å²) in [4.78, 5) is 0. The highest BCUT2D eigenvalue weighted by molar-refractivity contribution is 9.10. The summed E-state index contributed by atoms with van der Waals surface area (Å²) in [6, 6.07) is 8.66. The van der Waals surface area contributed by atoms with Crippen molar-refractivity contribution < 1.29 is 5.11 Å². The van der Waals surface area contributed by atoms with Gasteiger partial charge in [-0.2, -0.15) is 9.62 Å². The van der Waals surface area contributed by atoms with Crippen LogP contribution in [0.2, 0.25) is 0 Å². The molecule has 2 heterocycles. The topological polar surface area (TPSA) is 87.7 Å². The number of phenols is 1. The van der Waals surface area contributed by atoms with Crippen molar-refractivity contribution >= 4 is 33.6 Å². The zero-order valence-corrected chi connectivity index (χ0v) is 12.6. The SMILES string of the molecule is Cc1nnc2ccc(N/N=C/c3cc(Br)ccc3O)nn12. The average Bonchev–Trinajstić information content (AvgIpc) is 2.84. The van der Waals surface area contributed by atoms with E-state index in [1.54, 1.807) is 34.8 Å². The number of aromatic hydroxyl groups is 1. The normalized spacial score (nSPS) is 11.3. The second-order valence-corrected chi connectivity index (χ2v) is 5.22. The number of rotatable bonds is 3. The van der Waals surface area contributed by atoms with Crippen LogP contribution in [-0.4, -0.2) is 31.1 Å². The average molecular weight is 347 g/mol. The van der Waals surface area contributed by atoms with Crippen LogP contribution in [0.1, 0.15) is 11.4 Å². The fourth-order valence-corrected chi connectivity index (χ4v) is 2.13. The number of aryl methyl sites for hydroxylation is 1. The second kappa shape index (κ2) is 5.49. The summed E-state index contributed by atoms with van der Waals surface area (Å²) in [5.41, 5.74) is 4.07. The first-order chi connectivity index (χ1) is 10.1. The Hall–Kier alpha value is -2.48. The van der Waals surface area contributed by atoms with E-state index in [-0.39, 0.29) is 5.75 Å². The van der Waals surface area contributed by atoms with Gasteiger partial charge < -0.3 is 5.11 Å². The molecule has 7 nitrogen and oxygen atoms in total. The molecule has 2 aromatic heterocycles. The number of fused-ring (bicyclic) bond motifs is 1. The number of nitrogens with one attached hydrogen (secondary N) is 1. The molecule has 106 valence electrons. The molecule has 0 radical (unpaired) electrons. The van der Waals surface area contributed by atoms with Crippen LogP contribution in [0, 0.1) is 6.92 Å². The number of hydrogen-bond acceptors (Lipinski definition) is 6. The Kier molecular flexibility index (Phi) is 3.53. The van der Waals surface area contributed by atoms with Gasteiger partial charge in [0.1, 0.15) is 5.75 Å². The van der Waals surface area contributed by atoms with Gasteiger partial charge >= 0.3 is 0 Å². The molecule has 21 heavy (non-hydrogen) atoms. The first-order valence-corrected chi connectivity index (χ1v) is 6.89. The van der Waals surface area contributed by atoms with Gasteiger partial charge in [0.05, 0.1) is 6.21 Å². The van der Waals surface area contributed by atoms with Gasteiger partial charge in [0.25, 0.3) is 0 Å². The Morgan fingerprint density at radius 3 is 3.00 bits per heavy atom. The number of benzene rings is 1. The number of nitrogens with zero attached hydrogens (tertiary/aromatic N) is 5. The number of aromatic nitrogens is 4. The minimum atomic E-state index is 0.154. The highest BCUT2D eigenvalue weighted by atomic mass is 79.9. The maximum absolute atomic E-state index is 9.71. The minimum Gasteiger partial charge on any atom is -0.507 e. The predicted molar refractivity (Wildman–Crippen MR) is 82.5 cm³/mol. The lowest BCUT2D eigenvalue weighted by Gasteiger charge is -2.01. The third-order valence-electron chi connectivity index (χ3n) is 2.79. The largest absolute Gasteiger partial charge is 0.507 e. The first kappa shape index (κ1) is 13.5. The summed E-state index contributed by atoms with van der Waals surface area (Å²) in [6.07, 6.45) is 1.52. The predicted octanol–water partition coefficient (Wildman–Crippen LogP) is 2.35. The summed E-state index contributed by atoms with van der Waals surface area (Å²) in [5.74, 6) is 1.40. The van der Waals surface area contributed by atoms with Crippen LogP contribution in [-0.2, 0) is 0 Å². The molecule has 0 saturated heterocycles. The molecular weight excluding hydrogens is 336 g/mol. The molecule has 0 aliphatic carbocycles. The molecule has 3 aromatic rings. The molecule has 0 aliphatic rings. The van der Waals surface area contributed by atoms with Crippen molar-refractivity contribution in [1.29, 1.82) is 0 Å². The molecule has 0 atom stereocenters. The molecule has 0 spiro atoms. The molecule has 2 N–H and O–H groups in total. The van der Waals surface area contributed by atoms with Gasteiger partial charge in [0, 0.05) is 10.0 Å². The molecule has 0 aliphatic heterocycles. The van der Waals surface area contributed by atoms with Crippen LogP contribution in [0.4, 0.5) is 5.82 Å². The van der Waals surface area contributed by atoms with Crippen LogP contribution < -0.4 is 5.43 Å². The monoisotopic (exact) mass is 346 g/mol. The molecule has 0 unspecified atom stereocenters. The quantitative estimate of drug-likeness (QED) is 0.561. The summed E-state index contributed by atoms with van der Waals surface area (Å²) in [6.45, 7) is 1.82. The number of anilines is 1. The molecule has 3 rings (SSSR count). The lowest BCUT2D eigenvalue weighted by atomic mass is 10.2. The summed E-state index contributed by atoms with van der Waals surface area (Å²) < 4.78 is 2.48. The van der Waals surface area contributed by atoms with Crippen molar-refractivity contribution in [3.63, 3.8) is 0 Å². The molecule has 0 amide bonds. The smallest absolute Gasteiger partial charge is 0.178 e. The zero-order valence-electron chi connectivity index (χ0n) is 11.0. The molecule has 0 bridgehead atoms. The molecular formula is C13H11BrN6O. The zero-order chi connectivity index (χ0) is 14.8. The van der Waals surface area contributed by atoms with E-state index in [0.29, 0.717) is 22.9 Å². The van der Waals surface area contributed by atoms with E-state index in [9.17, 15) is 5.11 Å². The maximum atomic E-state index is 9.71. The van der Waals surface area contributed by atoms with Crippen LogP contribution in [0.25, 0.3) is 5.65 Å². The van der Waals surface area contributed by atoms with Crippen molar-refractivity contribution in [3.8, 4) is 5.75 Å². The van der Waals surface area contributed by atoms with E-state index in [1.807, 2.05) is 6.92 Å². The van der Waals surface area contributed by atoms with Crippen molar-refractivity contribution in [2.24, 2.45) is 5.10 Å². The minimum absolute atomic E-state index is 0.154. The van der Waals surface area contributed by atoms with Crippen LogP contribution in [0.5, 0.6) is 5.75 Å². The molecule has 8 heteroatoms. The molecule has 0 saturated carbocycles. The number of hydrazone groups is 1. The van der Waals surface area contributed by atoms with E-state index in [1.165, 1.54) is 6.21 Å². The Morgan fingerprint density at radius 1 is 1.29 bits per heavy atom. The fourth-order valence-electron chi connectivity index (χ4n) is 1.75. The van der Waals surface area contributed by atoms with Gasteiger partial charge in [-0.25, -0.2) is 0 Å². The number of hydrogen-bond donors (Lipinski definition) is 2. The lowest BCUT2D eigenvalue weighted by molar-refractivity contribution is 0.474. The lowest BCUT2D eigenvalue weighted by Crippen LogP contribution is -2.00. The van der Waals surface area contributed by atoms with Gasteiger partial charge in [0.2, 0.25) is 0 Å². The first-order valence-electron chi connectivity index (χ1n) is 6.10. The van der Waals surface area contributed by atoms with Gasteiger partial charge in [-0.3, -0.25) is 5.43 Å². The van der Waals surface area contributed by atoms with Crippen molar-refractivity contribution in [3.05, 3.63) is 46.2 Å². The van der Waals surface area contributed by atoms with Crippen molar-refractivity contribution in [2.45, 2.75) is 6.92 Å². The summed E-state index contributed by atoms with van der Waals surface area (Å²) in [7, 11) is 0. The standard InChI is InChI=1S/C13H11BrN6O/c1-8-16-18-13-5-4-12(19-20(8)13)17-15-7-9-6-10(14)2-3-11(9)21/h2-7,21H,1H3,(H,17,19)/b15-7+. The highest BCUT2D eigenvalue weighted by Crippen LogP contribution is 2.20. The Morgan fingerprint density at radius 2 is 2.14 bits per heavy atom. The van der Waals surface area contributed by atoms with Crippen molar-refractivity contribution in [2.75, 3.05) is 5.43 Å². The molecule has 0 fully saturated rings. The Balaban J connectivity index is 1.80. The van der Waals surface area contributed by atoms with E-state index in [2.05, 4.69) is 41.8 Å². The third-order valence-corrected chi connectivity index (χ3v) is 3.28. The van der Waals surface area contributed by atoms with E-state index in [4.69, 9.17) is 0 Å². The fraction of sp³-hybridized carbons (Fsp3) is 0.0769.